The van der Waals surface area contributed by atoms with E-state index in [1.807, 2.05) is 25.1 Å². The molecule has 3 rings (SSSR count). The Kier molecular flexibility index (Phi) is 3.83. The summed E-state index contributed by atoms with van der Waals surface area (Å²) in [4.78, 5) is 4.60. The Labute approximate surface area is 125 Å². The number of nitrogens with one attached hydrogen (secondary N) is 1. The average Bonchev–Trinajstić information content (AvgIpc) is 2.44. The van der Waals surface area contributed by atoms with Gasteiger partial charge in [0.25, 0.3) is 0 Å². The second-order valence-electron chi connectivity index (χ2n) is 6.24. The number of aromatic nitrogens is 1. The van der Waals surface area contributed by atoms with E-state index in [0.717, 1.165) is 29.6 Å². The van der Waals surface area contributed by atoms with Gasteiger partial charge in [0.1, 0.15) is 12.7 Å². The highest BCUT2D eigenvalue weighted by molar-refractivity contribution is 5.79. The third kappa shape index (κ3) is 3.34. The number of benzene rings is 1. The molecule has 0 bridgehead atoms. The highest BCUT2D eigenvalue weighted by atomic mass is 16.6. The molecule has 2 aromatic rings. The van der Waals surface area contributed by atoms with Crippen LogP contribution in [0.3, 0.4) is 0 Å². The van der Waals surface area contributed by atoms with Crippen LogP contribution in [0.4, 0.5) is 0 Å². The summed E-state index contributed by atoms with van der Waals surface area (Å²) in [6.07, 6.45) is 0.0569. The molecule has 21 heavy (non-hydrogen) atoms. The second kappa shape index (κ2) is 5.62. The monoisotopic (exact) mass is 286 g/mol. The van der Waals surface area contributed by atoms with Gasteiger partial charge < -0.3 is 14.8 Å². The fraction of sp³-hybridized carbons (Fsp3) is 0.471. The van der Waals surface area contributed by atoms with E-state index in [9.17, 15) is 0 Å². The number of fused-ring (bicyclic) bond motifs is 1. The summed E-state index contributed by atoms with van der Waals surface area (Å²) in [6.45, 7) is 8.41. The second-order valence-corrected chi connectivity index (χ2v) is 6.24. The average molecular weight is 286 g/mol. The molecule has 1 aliphatic rings. The van der Waals surface area contributed by atoms with Crippen molar-refractivity contribution >= 4 is 10.9 Å². The molecule has 0 aliphatic carbocycles. The Morgan fingerprint density at radius 1 is 1.38 bits per heavy atom. The number of nitrogens with zero attached hydrogens (tertiary/aromatic N) is 1. The number of pyridine rings is 1. The minimum Gasteiger partial charge on any atom is -0.475 e. The molecule has 112 valence electrons. The normalized spacial score (nSPS) is 21.4. The molecular formula is C17H22N2O2. The zero-order valence-corrected chi connectivity index (χ0v) is 12.8. The molecule has 0 radical (unpaired) electrons. The smallest absolute Gasteiger partial charge is 0.216 e. The summed E-state index contributed by atoms with van der Waals surface area (Å²) < 4.78 is 11.9. The molecule has 1 aromatic carbocycles. The summed E-state index contributed by atoms with van der Waals surface area (Å²) in [7, 11) is 0. The van der Waals surface area contributed by atoms with Gasteiger partial charge in [0.15, 0.2) is 0 Å². The molecular weight excluding hydrogens is 264 g/mol. The molecule has 0 saturated carbocycles. The minimum absolute atomic E-state index is 0.0569. The maximum Gasteiger partial charge on any atom is 0.216 e. The van der Waals surface area contributed by atoms with Gasteiger partial charge in [0.05, 0.1) is 11.1 Å². The Bertz CT molecular complexity index is 640. The number of ether oxygens (including phenoxy) is 2. The molecule has 2 heterocycles. The molecule has 1 atom stereocenters. The molecule has 0 spiro atoms. The predicted molar refractivity (Wildman–Crippen MR) is 83.8 cm³/mol. The van der Waals surface area contributed by atoms with Gasteiger partial charge in [0.2, 0.25) is 5.88 Å². The SMILES string of the molecule is Cc1cc2ccccc2nc1OCC1CNCC(C)(C)O1. The summed E-state index contributed by atoms with van der Waals surface area (Å²) >= 11 is 0. The highest BCUT2D eigenvalue weighted by Crippen LogP contribution is 2.22. The van der Waals surface area contributed by atoms with E-state index in [1.165, 1.54) is 0 Å². The molecule has 4 heteroatoms. The van der Waals surface area contributed by atoms with E-state index in [1.54, 1.807) is 0 Å². The molecule has 1 aliphatic heterocycles. The van der Waals surface area contributed by atoms with Crippen LogP contribution in [0, 0.1) is 6.92 Å². The van der Waals surface area contributed by atoms with Crippen molar-refractivity contribution in [1.82, 2.24) is 10.3 Å². The van der Waals surface area contributed by atoms with Crippen molar-refractivity contribution in [2.24, 2.45) is 0 Å². The number of aryl methyl sites for hydroxylation is 1. The minimum atomic E-state index is -0.141. The summed E-state index contributed by atoms with van der Waals surface area (Å²) in [5, 5.41) is 4.52. The van der Waals surface area contributed by atoms with Gasteiger partial charge in [-0.25, -0.2) is 4.98 Å². The molecule has 1 aromatic heterocycles. The van der Waals surface area contributed by atoms with Crippen molar-refractivity contribution in [3.05, 3.63) is 35.9 Å². The Morgan fingerprint density at radius 3 is 3.00 bits per heavy atom. The standard InChI is InChI=1S/C17H22N2O2/c1-12-8-13-6-4-5-7-15(13)19-16(12)20-10-14-9-18-11-17(2,3)21-14/h4-8,14,18H,9-11H2,1-3H3. The van der Waals surface area contributed by atoms with Crippen molar-refractivity contribution in [3.63, 3.8) is 0 Å². The first-order chi connectivity index (χ1) is 10.0. The summed E-state index contributed by atoms with van der Waals surface area (Å²) in [6, 6.07) is 10.2. The number of rotatable bonds is 3. The predicted octanol–water partition coefficient (Wildman–Crippen LogP) is 2.69. The van der Waals surface area contributed by atoms with Gasteiger partial charge in [-0.15, -0.1) is 0 Å². The lowest BCUT2D eigenvalue weighted by molar-refractivity contribution is -0.107. The lowest BCUT2D eigenvalue weighted by Crippen LogP contribution is -2.52. The number of hydrogen-bond acceptors (Lipinski definition) is 4. The first-order valence-electron chi connectivity index (χ1n) is 7.41. The van der Waals surface area contributed by atoms with Crippen molar-refractivity contribution in [1.29, 1.82) is 0 Å². The van der Waals surface area contributed by atoms with Crippen LogP contribution in [-0.2, 0) is 4.74 Å². The lowest BCUT2D eigenvalue weighted by Gasteiger charge is -2.36. The van der Waals surface area contributed by atoms with Gasteiger partial charge >= 0.3 is 0 Å². The van der Waals surface area contributed by atoms with Gasteiger partial charge in [-0.1, -0.05) is 18.2 Å². The number of para-hydroxylation sites is 1. The first kappa shape index (κ1) is 14.3. The Morgan fingerprint density at radius 2 is 2.19 bits per heavy atom. The first-order valence-corrected chi connectivity index (χ1v) is 7.41. The largest absolute Gasteiger partial charge is 0.475 e. The summed E-state index contributed by atoms with van der Waals surface area (Å²) in [5.74, 6) is 0.695. The van der Waals surface area contributed by atoms with Gasteiger partial charge in [-0.05, 0) is 32.9 Å². The zero-order valence-electron chi connectivity index (χ0n) is 12.8. The molecule has 1 fully saturated rings. The van der Waals surface area contributed by atoms with Crippen LogP contribution in [-0.4, -0.2) is 36.4 Å². The van der Waals surface area contributed by atoms with Crippen LogP contribution >= 0.6 is 0 Å². The van der Waals surface area contributed by atoms with E-state index in [2.05, 4.69) is 36.3 Å². The van der Waals surface area contributed by atoms with E-state index in [-0.39, 0.29) is 11.7 Å². The van der Waals surface area contributed by atoms with Gasteiger partial charge in [-0.3, -0.25) is 0 Å². The molecule has 1 N–H and O–H groups in total. The fourth-order valence-corrected chi connectivity index (χ4v) is 2.68. The molecule has 1 saturated heterocycles. The van der Waals surface area contributed by atoms with Crippen LogP contribution < -0.4 is 10.1 Å². The maximum absolute atomic E-state index is 6.01. The van der Waals surface area contributed by atoms with Gasteiger partial charge in [-0.2, -0.15) is 0 Å². The van der Waals surface area contributed by atoms with Crippen molar-refractivity contribution < 1.29 is 9.47 Å². The highest BCUT2D eigenvalue weighted by Gasteiger charge is 2.28. The lowest BCUT2D eigenvalue weighted by atomic mass is 10.1. The summed E-state index contributed by atoms with van der Waals surface area (Å²) in [5.41, 5.74) is 1.87. The molecule has 0 amide bonds. The fourth-order valence-electron chi connectivity index (χ4n) is 2.68. The van der Waals surface area contributed by atoms with E-state index in [0.29, 0.717) is 12.5 Å². The van der Waals surface area contributed by atoms with Crippen molar-refractivity contribution in [3.8, 4) is 5.88 Å². The number of morpholine rings is 1. The van der Waals surface area contributed by atoms with Crippen LogP contribution in [0.2, 0.25) is 0 Å². The third-order valence-corrected chi connectivity index (χ3v) is 3.68. The Hall–Kier alpha value is -1.65. The van der Waals surface area contributed by atoms with E-state index < -0.39 is 0 Å². The number of hydrogen-bond donors (Lipinski definition) is 1. The zero-order chi connectivity index (χ0) is 14.9. The van der Waals surface area contributed by atoms with Gasteiger partial charge in [0, 0.05) is 24.0 Å². The molecule has 4 nitrogen and oxygen atoms in total. The third-order valence-electron chi connectivity index (χ3n) is 3.68. The Balaban J connectivity index is 1.71. The van der Waals surface area contributed by atoms with Crippen LogP contribution in [0.25, 0.3) is 10.9 Å². The molecule has 1 unspecified atom stereocenters. The quantitative estimate of drug-likeness (QED) is 0.942. The van der Waals surface area contributed by atoms with Crippen LogP contribution in [0.15, 0.2) is 30.3 Å². The van der Waals surface area contributed by atoms with Crippen molar-refractivity contribution in [2.75, 3.05) is 19.7 Å². The maximum atomic E-state index is 6.01. The topological polar surface area (TPSA) is 43.4 Å². The van der Waals surface area contributed by atoms with Crippen molar-refractivity contribution in [2.45, 2.75) is 32.5 Å². The van der Waals surface area contributed by atoms with E-state index in [4.69, 9.17) is 9.47 Å². The van der Waals surface area contributed by atoms with Crippen LogP contribution in [0.5, 0.6) is 5.88 Å². The van der Waals surface area contributed by atoms with E-state index >= 15 is 0 Å². The van der Waals surface area contributed by atoms with Crippen LogP contribution in [0.1, 0.15) is 19.4 Å².